The van der Waals surface area contributed by atoms with Crippen LogP contribution >= 0.6 is 0 Å². The van der Waals surface area contributed by atoms with Gasteiger partial charge in [0, 0.05) is 19.5 Å². The van der Waals surface area contributed by atoms with Gasteiger partial charge in [-0.05, 0) is 29.7 Å². The van der Waals surface area contributed by atoms with Crippen LogP contribution in [0.3, 0.4) is 0 Å². The van der Waals surface area contributed by atoms with Crippen LogP contribution in [-0.4, -0.2) is 17.4 Å². The second kappa shape index (κ2) is 3.82. The molecule has 0 fully saturated rings. The summed E-state index contributed by atoms with van der Waals surface area (Å²) >= 11 is 0. The van der Waals surface area contributed by atoms with Gasteiger partial charge in [-0.1, -0.05) is 19.1 Å². The van der Waals surface area contributed by atoms with E-state index in [4.69, 9.17) is 0 Å². The van der Waals surface area contributed by atoms with Gasteiger partial charge in [-0.3, -0.25) is 4.79 Å². The number of carbonyl (C=O) groups is 1. The van der Waals surface area contributed by atoms with E-state index in [0.717, 1.165) is 19.5 Å². The third-order valence-corrected chi connectivity index (χ3v) is 2.72. The van der Waals surface area contributed by atoms with E-state index in [0.29, 0.717) is 6.42 Å². The largest absolute Gasteiger partial charge is 0.338 e. The number of amides is 1. The third-order valence-electron chi connectivity index (χ3n) is 2.72. The number of benzene rings is 1. The number of carbonyl (C=O) groups excluding carboxylic acids is 1. The molecule has 0 aromatic heterocycles. The van der Waals surface area contributed by atoms with E-state index in [1.165, 1.54) is 11.1 Å². The summed E-state index contributed by atoms with van der Waals surface area (Å²) in [6.07, 6.45) is 1.58. The molecule has 1 heterocycles. The maximum absolute atomic E-state index is 11.5. The topological polar surface area (TPSA) is 20.3 Å². The van der Waals surface area contributed by atoms with Crippen LogP contribution in [0.5, 0.6) is 0 Å². The lowest BCUT2D eigenvalue weighted by Gasteiger charge is -2.28. The minimum absolute atomic E-state index is 0.250. The van der Waals surface area contributed by atoms with Crippen molar-refractivity contribution in [2.24, 2.45) is 0 Å². The molecule has 1 aliphatic heterocycles. The van der Waals surface area contributed by atoms with E-state index in [2.05, 4.69) is 12.1 Å². The van der Waals surface area contributed by atoms with Crippen molar-refractivity contribution in [1.29, 1.82) is 0 Å². The Hall–Kier alpha value is -1.31. The molecule has 0 N–H and O–H groups in total. The highest BCUT2D eigenvalue weighted by molar-refractivity contribution is 5.76. The predicted octanol–water partition coefficient (Wildman–Crippen LogP) is 1.78. The molecular formula is C12H14NO. The van der Waals surface area contributed by atoms with Crippen LogP contribution in [0.4, 0.5) is 0 Å². The van der Waals surface area contributed by atoms with Gasteiger partial charge >= 0.3 is 0 Å². The van der Waals surface area contributed by atoms with Crippen molar-refractivity contribution in [3.05, 3.63) is 35.4 Å². The lowest BCUT2D eigenvalue weighted by molar-refractivity contribution is -0.131. The normalized spacial score (nSPS) is 15.1. The molecule has 2 heteroatoms. The molecule has 2 nitrogen and oxygen atoms in total. The first kappa shape index (κ1) is 9.25. The Morgan fingerprint density at radius 3 is 3.21 bits per heavy atom. The minimum atomic E-state index is 0.250. The summed E-state index contributed by atoms with van der Waals surface area (Å²) in [4.78, 5) is 13.4. The molecule has 0 bridgehead atoms. The highest BCUT2D eigenvalue weighted by atomic mass is 16.2. The molecule has 1 aromatic rings. The number of rotatable bonds is 1. The van der Waals surface area contributed by atoms with Crippen LogP contribution in [0.25, 0.3) is 0 Å². The van der Waals surface area contributed by atoms with E-state index >= 15 is 0 Å². The van der Waals surface area contributed by atoms with Crippen LogP contribution in [-0.2, 0) is 17.8 Å². The fraction of sp³-hybridized carbons (Fsp3) is 0.417. The van der Waals surface area contributed by atoms with Crippen molar-refractivity contribution in [2.75, 3.05) is 6.54 Å². The van der Waals surface area contributed by atoms with Gasteiger partial charge in [0.1, 0.15) is 0 Å². The van der Waals surface area contributed by atoms with Gasteiger partial charge in [0.05, 0.1) is 0 Å². The van der Waals surface area contributed by atoms with E-state index in [1.807, 2.05) is 24.0 Å². The Kier molecular flexibility index (Phi) is 2.53. The second-order valence-corrected chi connectivity index (χ2v) is 3.61. The van der Waals surface area contributed by atoms with Crippen molar-refractivity contribution in [3.63, 3.8) is 0 Å². The minimum Gasteiger partial charge on any atom is -0.338 e. The molecule has 1 radical (unpaired) electrons. The van der Waals surface area contributed by atoms with Gasteiger partial charge in [0.2, 0.25) is 5.91 Å². The maximum atomic E-state index is 11.5. The average Bonchev–Trinajstić information content (AvgIpc) is 2.27. The van der Waals surface area contributed by atoms with E-state index in [1.54, 1.807) is 0 Å². The first-order valence-corrected chi connectivity index (χ1v) is 5.07. The molecule has 0 saturated carbocycles. The summed E-state index contributed by atoms with van der Waals surface area (Å²) < 4.78 is 0. The number of hydrogen-bond donors (Lipinski definition) is 0. The van der Waals surface area contributed by atoms with Crippen LogP contribution in [0.15, 0.2) is 18.2 Å². The molecule has 0 unspecified atom stereocenters. The van der Waals surface area contributed by atoms with E-state index in [-0.39, 0.29) is 5.91 Å². The average molecular weight is 188 g/mol. The first-order chi connectivity index (χ1) is 6.81. The molecule has 73 valence electrons. The molecular weight excluding hydrogens is 174 g/mol. The van der Waals surface area contributed by atoms with Gasteiger partial charge in [0.25, 0.3) is 0 Å². The fourth-order valence-corrected chi connectivity index (χ4v) is 1.86. The zero-order valence-corrected chi connectivity index (χ0v) is 8.42. The molecule has 1 aliphatic rings. The van der Waals surface area contributed by atoms with Crippen molar-refractivity contribution < 1.29 is 4.79 Å². The molecule has 1 amide bonds. The molecule has 0 spiro atoms. The standard InChI is InChI=1S/C12H14NO/c1-2-12(14)13-8-7-10-5-3-4-6-11(10)9-13/h3,5-6H,2,7-9H2,1H3. The Morgan fingerprint density at radius 2 is 2.43 bits per heavy atom. The van der Waals surface area contributed by atoms with Crippen LogP contribution in [0, 0.1) is 6.07 Å². The van der Waals surface area contributed by atoms with Crippen molar-refractivity contribution in [1.82, 2.24) is 4.90 Å². The molecule has 0 saturated heterocycles. The van der Waals surface area contributed by atoms with Gasteiger partial charge in [-0.25, -0.2) is 0 Å². The summed E-state index contributed by atoms with van der Waals surface area (Å²) in [7, 11) is 0. The van der Waals surface area contributed by atoms with E-state index < -0.39 is 0 Å². The van der Waals surface area contributed by atoms with Gasteiger partial charge in [0.15, 0.2) is 0 Å². The molecule has 0 aliphatic carbocycles. The van der Waals surface area contributed by atoms with Gasteiger partial charge < -0.3 is 4.90 Å². The summed E-state index contributed by atoms with van der Waals surface area (Å²) in [6.45, 7) is 3.54. The second-order valence-electron chi connectivity index (χ2n) is 3.61. The van der Waals surface area contributed by atoms with E-state index in [9.17, 15) is 4.79 Å². The zero-order chi connectivity index (χ0) is 9.97. The Bertz CT molecular complexity index is 346. The van der Waals surface area contributed by atoms with Crippen molar-refractivity contribution >= 4 is 5.91 Å². The maximum Gasteiger partial charge on any atom is 0.222 e. The molecule has 14 heavy (non-hydrogen) atoms. The smallest absolute Gasteiger partial charge is 0.222 e. The fourth-order valence-electron chi connectivity index (χ4n) is 1.86. The molecule has 1 aromatic carbocycles. The van der Waals surface area contributed by atoms with Crippen molar-refractivity contribution in [2.45, 2.75) is 26.3 Å². The lowest BCUT2D eigenvalue weighted by Crippen LogP contribution is -2.35. The SMILES string of the molecule is CCC(=O)N1CCc2cc[c]cc2C1. The van der Waals surface area contributed by atoms with Crippen LogP contribution < -0.4 is 0 Å². The molecule has 0 atom stereocenters. The number of fused-ring (bicyclic) bond motifs is 1. The Morgan fingerprint density at radius 1 is 1.57 bits per heavy atom. The summed E-state index contributed by atoms with van der Waals surface area (Å²) in [5.41, 5.74) is 2.62. The predicted molar refractivity (Wildman–Crippen MR) is 54.7 cm³/mol. The number of hydrogen-bond acceptors (Lipinski definition) is 1. The highest BCUT2D eigenvalue weighted by Crippen LogP contribution is 2.18. The quantitative estimate of drug-likeness (QED) is 0.658. The van der Waals surface area contributed by atoms with Crippen LogP contribution in [0.2, 0.25) is 0 Å². The highest BCUT2D eigenvalue weighted by Gasteiger charge is 2.18. The summed E-state index contributed by atoms with van der Waals surface area (Å²) in [6, 6.07) is 9.09. The lowest BCUT2D eigenvalue weighted by atomic mass is 10.00. The summed E-state index contributed by atoms with van der Waals surface area (Å²) in [5, 5.41) is 0. The Labute approximate surface area is 84.5 Å². The monoisotopic (exact) mass is 188 g/mol. The van der Waals surface area contributed by atoms with Crippen LogP contribution in [0.1, 0.15) is 24.5 Å². The number of nitrogens with zero attached hydrogens (tertiary/aromatic N) is 1. The van der Waals surface area contributed by atoms with Gasteiger partial charge in [-0.2, -0.15) is 0 Å². The van der Waals surface area contributed by atoms with Gasteiger partial charge in [-0.15, -0.1) is 0 Å². The third kappa shape index (κ3) is 1.65. The summed E-state index contributed by atoms with van der Waals surface area (Å²) in [5.74, 6) is 0.250. The zero-order valence-electron chi connectivity index (χ0n) is 8.42. The molecule has 2 rings (SSSR count). The van der Waals surface area contributed by atoms with Crippen molar-refractivity contribution in [3.8, 4) is 0 Å². The Balaban J connectivity index is 2.17. The first-order valence-electron chi connectivity index (χ1n) is 5.07.